The van der Waals surface area contributed by atoms with Crippen LogP contribution in [0.15, 0.2) is 24.3 Å². The first-order valence-electron chi connectivity index (χ1n) is 6.09. The average Bonchev–Trinajstić information content (AvgIpc) is 2.28. The van der Waals surface area contributed by atoms with Crippen LogP contribution in [0.4, 0.5) is 0 Å². The molecule has 1 nitrogen and oxygen atoms in total. The van der Waals surface area contributed by atoms with E-state index < -0.39 is 0 Å². The number of aryl methyl sites for hydroxylation is 1. The first-order chi connectivity index (χ1) is 7.26. The summed E-state index contributed by atoms with van der Waals surface area (Å²) in [7, 11) is 0. The summed E-state index contributed by atoms with van der Waals surface area (Å²) in [5, 5.41) is 0. The van der Waals surface area contributed by atoms with Crippen LogP contribution >= 0.6 is 0 Å². The van der Waals surface area contributed by atoms with Crippen molar-refractivity contribution in [3.05, 3.63) is 35.4 Å². The molecule has 0 heterocycles. The second-order valence-electron chi connectivity index (χ2n) is 4.29. The molecule has 1 aromatic rings. The molecule has 0 saturated carbocycles. The van der Waals surface area contributed by atoms with Gasteiger partial charge in [0.05, 0.1) is 0 Å². The molecule has 0 aliphatic heterocycles. The number of nitrogens with two attached hydrogens (primary N) is 1. The Balaban J connectivity index is 2.48. The standard InChI is InChI=1S/C14H23N/c1-3-5-6-12-7-9-13(10-8-12)11-14(15)4-2/h7-10,14H,3-6,11,15H2,1-2H3. The fourth-order valence-corrected chi connectivity index (χ4v) is 1.67. The third-order valence-electron chi connectivity index (χ3n) is 2.86. The van der Waals surface area contributed by atoms with Gasteiger partial charge >= 0.3 is 0 Å². The monoisotopic (exact) mass is 205 g/mol. The van der Waals surface area contributed by atoms with Crippen molar-refractivity contribution in [3.63, 3.8) is 0 Å². The minimum Gasteiger partial charge on any atom is -0.327 e. The van der Waals surface area contributed by atoms with E-state index in [1.807, 2.05) is 0 Å². The molecule has 1 heteroatoms. The van der Waals surface area contributed by atoms with Crippen LogP contribution in [0.2, 0.25) is 0 Å². The Bertz CT molecular complexity index is 263. The molecular weight excluding hydrogens is 182 g/mol. The molecule has 0 aromatic heterocycles. The van der Waals surface area contributed by atoms with E-state index in [2.05, 4.69) is 38.1 Å². The molecule has 0 bridgehead atoms. The van der Waals surface area contributed by atoms with E-state index in [1.165, 1.54) is 30.4 Å². The zero-order valence-corrected chi connectivity index (χ0v) is 10.00. The van der Waals surface area contributed by atoms with E-state index in [0.717, 1.165) is 12.8 Å². The number of benzene rings is 1. The maximum Gasteiger partial charge on any atom is 0.00766 e. The molecule has 0 saturated heterocycles. The Morgan fingerprint density at radius 1 is 1.07 bits per heavy atom. The molecule has 1 rings (SSSR count). The summed E-state index contributed by atoms with van der Waals surface area (Å²) in [5.74, 6) is 0. The van der Waals surface area contributed by atoms with Crippen LogP contribution in [-0.4, -0.2) is 6.04 Å². The normalized spacial score (nSPS) is 12.7. The van der Waals surface area contributed by atoms with Gasteiger partial charge in [0.15, 0.2) is 0 Å². The van der Waals surface area contributed by atoms with Gasteiger partial charge in [0.1, 0.15) is 0 Å². The predicted octanol–water partition coefficient (Wildman–Crippen LogP) is 3.31. The van der Waals surface area contributed by atoms with Crippen LogP contribution in [0.3, 0.4) is 0 Å². The topological polar surface area (TPSA) is 26.0 Å². The summed E-state index contributed by atoms with van der Waals surface area (Å²) in [6, 6.07) is 9.24. The lowest BCUT2D eigenvalue weighted by Gasteiger charge is -2.09. The Hall–Kier alpha value is -0.820. The maximum absolute atomic E-state index is 5.92. The fraction of sp³-hybridized carbons (Fsp3) is 0.571. The molecule has 1 atom stereocenters. The first kappa shape index (κ1) is 12.3. The summed E-state index contributed by atoms with van der Waals surface area (Å²) in [6.45, 7) is 4.37. The highest BCUT2D eigenvalue weighted by Crippen LogP contribution is 2.09. The Morgan fingerprint density at radius 2 is 1.67 bits per heavy atom. The zero-order chi connectivity index (χ0) is 11.1. The molecule has 1 unspecified atom stereocenters. The Kier molecular flexibility index (Phi) is 5.41. The smallest absolute Gasteiger partial charge is 0.00766 e. The number of hydrogen-bond donors (Lipinski definition) is 1. The lowest BCUT2D eigenvalue weighted by atomic mass is 10.0. The third-order valence-corrected chi connectivity index (χ3v) is 2.86. The molecule has 0 fully saturated rings. The van der Waals surface area contributed by atoms with Gasteiger partial charge in [-0.1, -0.05) is 44.5 Å². The van der Waals surface area contributed by atoms with Gasteiger partial charge in [0.2, 0.25) is 0 Å². The molecular formula is C14H23N. The van der Waals surface area contributed by atoms with Crippen molar-refractivity contribution in [2.45, 2.75) is 52.0 Å². The molecule has 0 spiro atoms. The molecule has 15 heavy (non-hydrogen) atoms. The van der Waals surface area contributed by atoms with Gasteiger partial charge in [0.25, 0.3) is 0 Å². The van der Waals surface area contributed by atoms with Crippen molar-refractivity contribution in [3.8, 4) is 0 Å². The van der Waals surface area contributed by atoms with Crippen molar-refractivity contribution in [2.75, 3.05) is 0 Å². The SMILES string of the molecule is CCCCc1ccc(CC(N)CC)cc1. The number of rotatable bonds is 6. The van der Waals surface area contributed by atoms with Gasteiger partial charge in [0, 0.05) is 6.04 Å². The highest BCUT2D eigenvalue weighted by molar-refractivity contribution is 5.23. The van der Waals surface area contributed by atoms with Crippen LogP contribution in [0, 0.1) is 0 Å². The minimum atomic E-state index is 0.312. The van der Waals surface area contributed by atoms with Gasteiger partial charge in [-0.2, -0.15) is 0 Å². The van der Waals surface area contributed by atoms with Crippen molar-refractivity contribution in [2.24, 2.45) is 5.73 Å². The second kappa shape index (κ2) is 6.62. The lowest BCUT2D eigenvalue weighted by molar-refractivity contribution is 0.646. The van der Waals surface area contributed by atoms with E-state index in [0.29, 0.717) is 6.04 Å². The van der Waals surface area contributed by atoms with E-state index in [4.69, 9.17) is 5.73 Å². The van der Waals surface area contributed by atoms with Gasteiger partial charge in [-0.05, 0) is 36.8 Å². The van der Waals surface area contributed by atoms with Crippen molar-refractivity contribution in [1.29, 1.82) is 0 Å². The lowest BCUT2D eigenvalue weighted by Crippen LogP contribution is -2.21. The second-order valence-corrected chi connectivity index (χ2v) is 4.29. The first-order valence-corrected chi connectivity index (χ1v) is 6.09. The molecule has 0 aliphatic rings. The van der Waals surface area contributed by atoms with Gasteiger partial charge in [-0.3, -0.25) is 0 Å². The summed E-state index contributed by atoms with van der Waals surface area (Å²) >= 11 is 0. The summed E-state index contributed by atoms with van der Waals surface area (Å²) < 4.78 is 0. The molecule has 0 amide bonds. The van der Waals surface area contributed by atoms with E-state index in [1.54, 1.807) is 0 Å². The number of unbranched alkanes of at least 4 members (excludes halogenated alkanes) is 1. The maximum atomic E-state index is 5.92. The van der Waals surface area contributed by atoms with E-state index >= 15 is 0 Å². The largest absolute Gasteiger partial charge is 0.327 e. The van der Waals surface area contributed by atoms with Crippen LogP contribution in [0.25, 0.3) is 0 Å². The van der Waals surface area contributed by atoms with Crippen molar-refractivity contribution in [1.82, 2.24) is 0 Å². The summed E-state index contributed by atoms with van der Waals surface area (Å²) in [6.07, 6.45) is 5.81. The zero-order valence-electron chi connectivity index (χ0n) is 10.00. The third kappa shape index (κ3) is 4.48. The Morgan fingerprint density at radius 3 is 2.20 bits per heavy atom. The molecule has 0 radical (unpaired) electrons. The van der Waals surface area contributed by atoms with Crippen molar-refractivity contribution >= 4 is 0 Å². The van der Waals surface area contributed by atoms with Gasteiger partial charge < -0.3 is 5.73 Å². The predicted molar refractivity (Wildman–Crippen MR) is 67.0 cm³/mol. The van der Waals surface area contributed by atoms with Crippen LogP contribution in [0.1, 0.15) is 44.2 Å². The quantitative estimate of drug-likeness (QED) is 0.757. The molecule has 84 valence electrons. The van der Waals surface area contributed by atoms with Gasteiger partial charge in [-0.25, -0.2) is 0 Å². The Labute approximate surface area is 93.7 Å². The molecule has 0 aliphatic carbocycles. The summed E-state index contributed by atoms with van der Waals surface area (Å²) in [4.78, 5) is 0. The average molecular weight is 205 g/mol. The number of hydrogen-bond acceptors (Lipinski definition) is 1. The van der Waals surface area contributed by atoms with Crippen LogP contribution < -0.4 is 5.73 Å². The highest BCUT2D eigenvalue weighted by Gasteiger charge is 2.01. The minimum absolute atomic E-state index is 0.312. The van der Waals surface area contributed by atoms with Crippen LogP contribution in [-0.2, 0) is 12.8 Å². The van der Waals surface area contributed by atoms with E-state index in [9.17, 15) is 0 Å². The van der Waals surface area contributed by atoms with Crippen LogP contribution in [0.5, 0.6) is 0 Å². The van der Waals surface area contributed by atoms with E-state index in [-0.39, 0.29) is 0 Å². The fourth-order valence-electron chi connectivity index (χ4n) is 1.67. The molecule has 1 aromatic carbocycles. The molecule has 2 N–H and O–H groups in total. The van der Waals surface area contributed by atoms with Crippen molar-refractivity contribution < 1.29 is 0 Å². The highest BCUT2D eigenvalue weighted by atomic mass is 14.6. The summed E-state index contributed by atoms with van der Waals surface area (Å²) in [5.41, 5.74) is 8.74. The van der Waals surface area contributed by atoms with Gasteiger partial charge in [-0.15, -0.1) is 0 Å².